The van der Waals surface area contributed by atoms with Crippen molar-refractivity contribution in [1.82, 2.24) is 14.9 Å². The SMILES string of the molecule is COc1nc(N2CCCOC(C)C2)c2cc(Cl)c(-c3ccc(F)c4sc(N)c(C#N)c34)c(F)c2n1.FC1CC2CCCN2C1. The first-order valence-electron chi connectivity index (χ1n) is 14.6. The Morgan fingerprint density at radius 3 is 2.77 bits per heavy atom. The molecule has 2 aromatic carbocycles. The second kappa shape index (κ2) is 12.6. The molecular weight excluding hydrogens is 613 g/mol. The predicted molar refractivity (Wildman–Crippen MR) is 167 cm³/mol. The van der Waals surface area contributed by atoms with Gasteiger partial charge in [0.15, 0.2) is 5.82 Å². The van der Waals surface area contributed by atoms with Crippen molar-refractivity contribution in [3.8, 4) is 23.2 Å². The Bertz CT molecular complexity index is 1750. The summed E-state index contributed by atoms with van der Waals surface area (Å²) in [6.07, 6.45) is 3.54. The molecule has 3 aliphatic heterocycles. The molecule has 7 rings (SSSR count). The van der Waals surface area contributed by atoms with Gasteiger partial charge in [-0.3, -0.25) is 4.90 Å². The number of nitrogen functional groups attached to an aromatic ring is 1. The lowest BCUT2D eigenvalue weighted by Gasteiger charge is -2.25. The highest BCUT2D eigenvalue weighted by molar-refractivity contribution is 7.23. The molecule has 0 bridgehead atoms. The van der Waals surface area contributed by atoms with Crippen LogP contribution in [0.15, 0.2) is 18.2 Å². The van der Waals surface area contributed by atoms with E-state index in [0.29, 0.717) is 43.5 Å². The van der Waals surface area contributed by atoms with Gasteiger partial charge in [0, 0.05) is 48.6 Å². The lowest BCUT2D eigenvalue weighted by molar-refractivity contribution is 0.0820. The zero-order chi connectivity index (χ0) is 31.1. The summed E-state index contributed by atoms with van der Waals surface area (Å²) in [4.78, 5) is 13.1. The Morgan fingerprint density at radius 2 is 2.02 bits per heavy atom. The Labute approximate surface area is 262 Å². The fourth-order valence-electron chi connectivity index (χ4n) is 6.46. The van der Waals surface area contributed by atoms with Crippen LogP contribution in [0.4, 0.5) is 24.0 Å². The zero-order valence-electron chi connectivity index (χ0n) is 24.4. The van der Waals surface area contributed by atoms with Crippen molar-refractivity contribution >= 4 is 54.7 Å². The molecule has 4 aromatic rings. The van der Waals surface area contributed by atoms with Gasteiger partial charge in [0.25, 0.3) is 0 Å². The van der Waals surface area contributed by atoms with Crippen molar-refractivity contribution in [2.24, 2.45) is 0 Å². The first-order chi connectivity index (χ1) is 21.2. The monoisotopic (exact) mass is 644 g/mol. The van der Waals surface area contributed by atoms with Crippen LogP contribution >= 0.6 is 22.9 Å². The molecule has 0 saturated carbocycles. The molecule has 0 amide bonds. The van der Waals surface area contributed by atoms with Gasteiger partial charge in [-0.2, -0.15) is 15.2 Å². The van der Waals surface area contributed by atoms with Gasteiger partial charge in [0.05, 0.1) is 28.5 Å². The van der Waals surface area contributed by atoms with Crippen LogP contribution in [0.2, 0.25) is 5.02 Å². The molecule has 5 heterocycles. The smallest absolute Gasteiger partial charge is 0.318 e. The van der Waals surface area contributed by atoms with Crippen LogP contribution in [0.3, 0.4) is 0 Å². The molecule has 8 nitrogen and oxygen atoms in total. The third kappa shape index (κ3) is 5.62. The molecule has 13 heteroatoms. The van der Waals surface area contributed by atoms with Gasteiger partial charge >= 0.3 is 6.01 Å². The summed E-state index contributed by atoms with van der Waals surface area (Å²) in [6, 6.07) is 6.81. The molecular formula is C31H32ClF3N6O2S. The number of anilines is 2. The van der Waals surface area contributed by atoms with Gasteiger partial charge in [-0.1, -0.05) is 17.7 Å². The number of nitrogens with two attached hydrogens (primary N) is 1. The normalized spacial score (nSPS) is 22.0. The Balaban J connectivity index is 0.000000323. The lowest BCUT2D eigenvalue weighted by atomic mass is 9.97. The summed E-state index contributed by atoms with van der Waals surface area (Å²) in [5.41, 5.74) is 6.30. The van der Waals surface area contributed by atoms with Gasteiger partial charge in [0.1, 0.15) is 34.4 Å². The maximum Gasteiger partial charge on any atom is 0.318 e. The van der Waals surface area contributed by atoms with Crippen LogP contribution in [0.25, 0.3) is 32.1 Å². The number of rotatable bonds is 3. The number of nitriles is 1. The number of aromatic nitrogens is 2. The fourth-order valence-corrected chi connectivity index (χ4v) is 7.70. The molecule has 3 fully saturated rings. The van der Waals surface area contributed by atoms with Gasteiger partial charge in [-0.25, -0.2) is 13.2 Å². The third-order valence-corrected chi connectivity index (χ3v) is 9.76. The van der Waals surface area contributed by atoms with E-state index >= 15 is 4.39 Å². The number of fused-ring (bicyclic) bond motifs is 3. The van der Waals surface area contributed by atoms with Crippen molar-refractivity contribution in [3.63, 3.8) is 0 Å². The molecule has 2 N–H and O–H groups in total. The Kier molecular flexibility index (Phi) is 8.75. The first kappa shape index (κ1) is 30.6. The second-order valence-corrected chi connectivity index (χ2v) is 12.8. The summed E-state index contributed by atoms with van der Waals surface area (Å²) in [7, 11) is 1.41. The van der Waals surface area contributed by atoms with E-state index in [2.05, 4.69) is 14.9 Å². The molecule has 3 saturated heterocycles. The molecule has 3 atom stereocenters. The molecule has 232 valence electrons. The van der Waals surface area contributed by atoms with Crippen molar-refractivity contribution in [2.45, 2.75) is 50.9 Å². The lowest BCUT2D eigenvalue weighted by Crippen LogP contribution is -2.31. The van der Waals surface area contributed by atoms with Crippen LogP contribution in [-0.2, 0) is 4.74 Å². The average Bonchev–Trinajstić information content (AvgIpc) is 3.63. The molecule has 44 heavy (non-hydrogen) atoms. The summed E-state index contributed by atoms with van der Waals surface area (Å²) in [5, 5.41) is 10.5. The average molecular weight is 645 g/mol. The van der Waals surface area contributed by atoms with E-state index in [0.717, 1.165) is 30.7 Å². The standard InChI is InChI=1S/C24H20ClF2N5O2S.C7H12FN/c1-11-10-32(6-3-7-34-11)23-13-8-15(25)18(19(27)20(13)30-24(31-23)33-2)12-4-5-16(26)21-17(12)14(9-28)22(29)35-21;8-6-4-7-2-1-3-9(7)5-6/h4-5,8,11H,3,6-7,10,29H2,1-2H3;6-7H,1-5H2. The second-order valence-electron chi connectivity index (χ2n) is 11.3. The van der Waals surface area contributed by atoms with Crippen LogP contribution in [-0.4, -0.2) is 73.1 Å². The predicted octanol–water partition coefficient (Wildman–Crippen LogP) is 6.71. The molecule has 2 aromatic heterocycles. The van der Waals surface area contributed by atoms with Crippen LogP contribution in [0.1, 0.15) is 38.2 Å². The molecule has 0 aliphatic carbocycles. The highest BCUT2D eigenvalue weighted by Gasteiger charge is 2.34. The van der Waals surface area contributed by atoms with Crippen molar-refractivity contribution in [2.75, 3.05) is 50.5 Å². The van der Waals surface area contributed by atoms with Crippen LogP contribution < -0.4 is 15.4 Å². The number of nitrogens with zero attached hydrogens (tertiary/aromatic N) is 5. The highest BCUT2D eigenvalue weighted by Crippen LogP contribution is 2.45. The molecule has 0 spiro atoms. The van der Waals surface area contributed by atoms with E-state index in [9.17, 15) is 14.0 Å². The van der Waals surface area contributed by atoms with E-state index in [-0.39, 0.29) is 54.4 Å². The van der Waals surface area contributed by atoms with E-state index in [1.165, 1.54) is 32.1 Å². The maximum absolute atomic E-state index is 16.2. The zero-order valence-corrected chi connectivity index (χ0v) is 26.0. The number of ether oxygens (including phenoxy) is 2. The maximum atomic E-state index is 16.2. The van der Waals surface area contributed by atoms with Gasteiger partial charge in [0.2, 0.25) is 0 Å². The summed E-state index contributed by atoms with van der Waals surface area (Å²) in [5.74, 6) is -0.795. The highest BCUT2D eigenvalue weighted by atomic mass is 35.5. The minimum absolute atomic E-state index is 0.000708. The van der Waals surface area contributed by atoms with Crippen molar-refractivity contribution < 1.29 is 22.6 Å². The third-order valence-electron chi connectivity index (χ3n) is 8.44. The summed E-state index contributed by atoms with van der Waals surface area (Å²) < 4.78 is 54.6. The topological polar surface area (TPSA) is 101 Å². The van der Waals surface area contributed by atoms with Crippen molar-refractivity contribution in [1.29, 1.82) is 5.26 Å². The van der Waals surface area contributed by atoms with E-state index in [1.54, 1.807) is 6.07 Å². The molecule has 3 aliphatic rings. The van der Waals surface area contributed by atoms with Crippen LogP contribution in [0, 0.1) is 23.0 Å². The van der Waals surface area contributed by atoms with E-state index in [1.807, 2.05) is 17.9 Å². The number of benzene rings is 2. The Hall–Kier alpha value is -3.37. The number of thiophene rings is 1. The number of hydrogen-bond acceptors (Lipinski definition) is 9. The van der Waals surface area contributed by atoms with Gasteiger partial charge in [-0.05, 0) is 56.8 Å². The van der Waals surface area contributed by atoms with E-state index in [4.69, 9.17) is 26.8 Å². The van der Waals surface area contributed by atoms with E-state index < -0.39 is 17.8 Å². The number of alkyl halides is 1. The summed E-state index contributed by atoms with van der Waals surface area (Å²) in [6.45, 7) is 5.63. The first-order valence-corrected chi connectivity index (χ1v) is 15.8. The number of halogens is 4. The fraction of sp³-hybridized carbons (Fsp3) is 0.452. The number of hydrogen-bond donors (Lipinski definition) is 1. The molecule has 0 radical (unpaired) electrons. The largest absolute Gasteiger partial charge is 0.467 e. The van der Waals surface area contributed by atoms with Crippen LogP contribution in [0.5, 0.6) is 6.01 Å². The molecule has 3 unspecified atom stereocenters. The summed E-state index contributed by atoms with van der Waals surface area (Å²) >= 11 is 7.59. The van der Waals surface area contributed by atoms with Gasteiger partial charge < -0.3 is 20.1 Å². The van der Waals surface area contributed by atoms with Crippen molar-refractivity contribution in [3.05, 3.63) is 40.4 Å². The number of methoxy groups -OCH3 is 1. The van der Waals surface area contributed by atoms with Gasteiger partial charge in [-0.15, -0.1) is 11.3 Å². The quantitative estimate of drug-likeness (QED) is 0.263. The minimum Gasteiger partial charge on any atom is -0.467 e. The minimum atomic E-state index is -0.727. The Morgan fingerprint density at radius 1 is 1.20 bits per heavy atom.